The van der Waals surface area contributed by atoms with Gasteiger partial charge in [0.25, 0.3) is 0 Å². The number of nitrogens with zero attached hydrogens (tertiary/aromatic N) is 3. The smallest absolute Gasteiger partial charge is 0.100 e. The Morgan fingerprint density at radius 1 is 1.00 bits per heavy atom. The van der Waals surface area contributed by atoms with Crippen LogP contribution in [-0.4, -0.2) is 41.5 Å². The molecule has 0 radical (unpaired) electrons. The predicted molar refractivity (Wildman–Crippen MR) is 99.8 cm³/mol. The first-order chi connectivity index (χ1) is 12.2. The second-order valence-corrected chi connectivity index (χ2v) is 6.41. The van der Waals surface area contributed by atoms with E-state index >= 15 is 0 Å². The van der Waals surface area contributed by atoms with Crippen LogP contribution in [0.1, 0.15) is 11.3 Å². The summed E-state index contributed by atoms with van der Waals surface area (Å²) in [6, 6.07) is 10.7. The van der Waals surface area contributed by atoms with E-state index in [1.165, 1.54) is 16.8 Å². The number of ether oxygens (including phenoxy) is 1. The van der Waals surface area contributed by atoms with Crippen LogP contribution in [0.5, 0.6) is 0 Å². The van der Waals surface area contributed by atoms with E-state index in [-0.39, 0.29) is 0 Å². The van der Waals surface area contributed by atoms with Crippen molar-refractivity contribution in [2.75, 3.05) is 31.2 Å². The highest BCUT2D eigenvalue weighted by Gasteiger charge is 2.17. The van der Waals surface area contributed by atoms with Gasteiger partial charge in [0.2, 0.25) is 0 Å². The number of rotatable bonds is 3. The zero-order chi connectivity index (χ0) is 17.2. The van der Waals surface area contributed by atoms with Crippen molar-refractivity contribution in [2.45, 2.75) is 13.8 Å². The molecule has 3 aromatic rings. The average Bonchev–Trinajstić information content (AvgIpc) is 3.04. The minimum Gasteiger partial charge on any atom is -0.378 e. The number of benzene rings is 1. The third-order valence-corrected chi connectivity index (χ3v) is 4.74. The number of hydrogen-bond acceptors (Lipinski definition) is 4. The highest BCUT2D eigenvalue weighted by molar-refractivity contribution is 5.83. The third kappa shape index (κ3) is 3.03. The van der Waals surface area contributed by atoms with Gasteiger partial charge >= 0.3 is 0 Å². The minimum atomic E-state index is 0.800. The molecule has 0 unspecified atom stereocenters. The summed E-state index contributed by atoms with van der Waals surface area (Å²) in [5, 5.41) is 7.66. The number of pyridine rings is 1. The topological polar surface area (TPSA) is 54.0 Å². The van der Waals surface area contributed by atoms with Crippen molar-refractivity contribution >= 4 is 5.69 Å². The van der Waals surface area contributed by atoms with Crippen molar-refractivity contribution in [3.05, 3.63) is 54.0 Å². The highest BCUT2D eigenvalue weighted by Crippen LogP contribution is 2.35. The van der Waals surface area contributed by atoms with Gasteiger partial charge in [0.05, 0.1) is 13.2 Å². The van der Waals surface area contributed by atoms with E-state index in [0.29, 0.717) is 0 Å². The maximum Gasteiger partial charge on any atom is 0.100 e. The molecule has 1 N–H and O–H groups in total. The van der Waals surface area contributed by atoms with E-state index in [1.54, 1.807) is 12.4 Å². The summed E-state index contributed by atoms with van der Waals surface area (Å²) in [6.45, 7) is 7.75. The number of morpholine rings is 1. The van der Waals surface area contributed by atoms with Crippen LogP contribution in [0.15, 0.2) is 42.7 Å². The van der Waals surface area contributed by atoms with Crippen LogP contribution in [0.3, 0.4) is 0 Å². The Hall–Kier alpha value is -2.66. The monoisotopic (exact) mass is 334 g/mol. The van der Waals surface area contributed by atoms with Crippen LogP contribution < -0.4 is 4.90 Å². The number of aryl methyl sites for hydroxylation is 2. The molecule has 2 aromatic heterocycles. The fraction of sp³-hybridized carbons (Fsp3) is 0.300. The first kappa shape index (κ1) is 15.8. The van der Waals surface area contributed by atoms with Gasteiger partial charge in [0, 0.05) is 48.0 Å². The molecule has 1 saturated heterocycles. The van der Waals surface area contributed by atoms with E-state index in [2.05, 4.69) is 52.1 Å². The van der Waals surface area contributed by atoms with Crippen molar-refractivity contribution in [1.82, 2.24) is 15.2 Å². The second-order valence-electron chi connectivity index (χ2n) is 6.41. The van der Waals surface area contributed by atoms with Crippen LogP contribution in [0.2, 0.25) is 0 Å². The normalized spacial score (nSPS) is 14.7. The summed E-state index contributed by atoms with van der Waals surface area (Å²) in [6.07, 6.45) is 3.60. The first-order valence-corrected chi connectivity index (χ1v) is 8.63. The molecule has 5 heteroatoms. The lowest BCUT2D eigenvalue weighted by atomic mass is 9.97. The number of hydrogen-bond donors (Lipinski definition) is 1. The van der Waals surface area contributed by atoms with Gasteiger partial charge in [-0.2, -0.15) is 5.10 Å². The Morgan fingerprint density at radius 3 is 2.48 bits per heavy atom. The van der Waals surface area contributed by atoms with E-state index in [1.807, 2.05) is 12.1 Å². The van der Waals surface area contributed by atoms with E-state index in [9.17, 15) is 0 Å². The molecule has 4 rings (SSSR count). The molecule has 0 amide bonds. The Bertz CT molecular complexity index is 867. The maximum atomic E-state index is 5.46. The van der Waals surface area contributed by atoms with Gasteiger partial charge in [-0.15, -0.1) is 0 Å². The van der Waals surface area contributed by atoms with Crippen LogP contribution in [0, 0.1) is 13.8 Å². The molecule has 0 aliphatic carbocycles. The SMILES string of the molecule is Cc1cc(-c2c(-c3ccncc3)n[nH]c2C)ccc1N1CCOCC1. The highest BCUT2D eigenvalue weighted by atomic mass is 16.5. The van der Waals surface area contributed by atoms with Crippen LogP contribution in [0.4, 0.5) is 5.69 Å². The first-order valence-electron chi connectivity index (χ1n) is 8.63. The zero-order valence-corrected chi connectivity index (χ0v) is 14.6. The van der Waals surface area contributed by atoms with Gasteiger partial charge in [0.15, 0.2) is 0 Å². The fourth-order valence-electron chi connectivity index (χ4n) is 3.47. The van der Waals surface area contributed by atoms with Crippen molar-refractivity contribution in [3.8, 4) is 22.4 Å². The van der Waals surface area contributed by atoms with Gasteiger partial charge < -0.3 is 9.64 Å². The number of nitrogens with one attached hydrogen (secondary N) is 1. The Kier molecular flexibility index (Phi) is 4.24. The Balaban J connectivity index is 1.73. The molecule has 1 fully saturated rings. The van der Waals surface area contributed by atoms with Crippen LogP contribution >= 0.6 is 0 Å². The van der Waals surface area contributed by atoms with Gasteiger partial charge in [-0.25, -0.2) is 0 Å². The molecule has 25 heavy (non-hydrogen) atoms. The molecule has 0 spiro atoms. The van der Waals surface area contributed by atoms with Gasteiger partial charge in [-0.1, -0.05) is 6.07 Å². The van der Waals surface area contributed by atoms with E-state index < -0.39 is 0 Å². The van der Waals surface area contributed by atoms with Gasteiger partial charge in [0.1, 0.15) is 5.69 Å². The molecular formula is C20H22N4O. The summed E-state index contributed by atoms with van der Waals surface area (Å²) in [5.74, 6) is 0. The van der Waals surface area contributed by atoms with Gasteiger partial charge in [-0.05, 0) is 49.2 Å². The zero-order valence-electron chi connectivity index (χ0n) is 14.6. The number of aromatic amines is 1. The summed E-state index contributed by atoms with van der Waals surface area (Å²) < 4.78 is 5.46. The number of aromatic nitrogens is 3. The lowest BCUT2D eigenvalue weighted by Crippen LogP contribution is -2.36. The largest absolute Gasteiger partial charge is 0.378 e. The lowest BCUT2D eigenvalue weighted by molar-refractivity contribution is 0.122. The molecule has 1 aliphatic rings. The minimum absolute atomic E-state index is 0.800. The molecule has 0 atom stereocenters. The molecular weight excluding hydrogens is 312 g/mol. The summed E-state index contributed by atoms with van der Waals surface area (Å²) in [4.78, 5) is 6.50. The molecule has 0 bridgehead atoms. The van der Waals surface area contributed by atoms with Crippen molar-refractivity contribution < 1.29 is 4.74 Å². The fourth-order valence-corrected chi connectivity index (χ4v) is 3.47. The quantitative estimate of drug-likeness (QED) is 0.795. The third-order valence-electron chi connectivity index (χ3n) is 4.74. The Morgan fingerprint density at radius 2 is 1.76 bits per heavy atom. The predicted octanol–water partition coefficient (Wildman–Crippen LogP) is 3.59. The summed E-state index contributed by atoms with van der Waals surface area (Å²) in [5.41, 5.74) is 8.03. The summed E-state index contributed by atoms with van der Waals surface area (Å²) >= 11 is 0. The molecule has 3 heterocycles. The second kappa shape index (κ2) is 6.69. The summed E-state index contributed by atoms with van der Waals surface area (Å²) in [7, 11) is 0. The standard InChI is InChI=1S/C20H22N4O/c1-14-13-17(3-4-18(14)24-9-11-25-12-10-24)19-15(2)22-23-20(19)16-5-7-21-8-6-16/h3-8,13H,9-12H2,1-2H3,(H,22,23). The van der Waals surface area contributed by atoms with Crippen LogP contribution in [0.25, 0.3) is 22.4 Å². The van der Waals surface area contributed by atoms with Crippen LogP contribution in [-0.2, 0) is 4.74 Å². The van der Waals surface area contributed by atoms with Crippen molar-refractivity contribution in [1.29, 1.82) is 0 Å². The Labute approximate surface area is 147 Å². The molecule has 128 valence electrons. The maximum absolute atomic E-state index is 5.46. The van der Waals surface area contributed by atoms with E-state index in [4.69, 9.17) is 4.74 Å². The van der Waals surface area contributed by atoms with E-state index in [0.717, 1.165) is 48.8 Å². The van der Waals surface area contributed by atoms with Gasteiger partial charge in [-0.3, -0.25) is 10.1 Å². The lowest BCUT2D eigenvalue weighted by Gasteiger charge is -2.30. The van der Waals surface area contributed by atoms with Crippen molar-refractivity contribution in [3.63, 3.8) is 0 Å². The molecule has 0 saturated carbocycles. The van der Waals surface area contributed by atoms with Crippen molar-refractivity contribution in [2.24, 2.45) is 0 Å². The molecule has 1 aromatic carbocycles. The molecule has 1 aliphatic heterocycles. The number of H-pyrrole nitrogens is 1. The number of anilines is 1. The molecule has 5 nitrogen and oxygen atoms in total. The average molecular weight is 334 g/mol.